The van der Waals surface area contributed by atoms with Crippen molar-refractivity contribution >= 4 is 35.6 Å². The third-order valence-corrected chi connectivity index (χ3v) is 4.23. The molecule has 0 saturated carbocycles. The van der Waals surface area contributed by atoms with Gasteiger partial charge in [-0.25, -0.2) is 14.5 Å². The molecule has 1 saturated heterocycles. The molecule has 1 fully saturated rings. The van der Waals surface area contributed by atoms with Crippen molar-refractivity contribution in [1.29, 1.82) is 0 Å². The molecule has 2 aromatic carbocycles. The first kappa shape index (κ1) is 19.8. The van der Waals surface area contributed by atoms with E-state index in [1.54, 1.807) is 36.4 Å². The molecule has 0 aliphatic carbocycles. The highest BCUT2D eigenvalue weighted by atomic mass is 16.5. The zero-order valence-corrected chi connectivity index (χ0v) is 15.7. The highest BCUT2D eigenvalue weighted by Gasteiger charge is 2.37. The Morgan fingerprint density at radius 2 is 1.86 bits per heavy atom. The zero-order chi connectivity index (χ0) is 21.1. The lowest BCUT2D eigenvalue weighted by atomic mass is 10.1. The molecule has 1 atom stereocenters. The SMILES string of the molecule is Cc1cccc(N2C(=O)NC(=O)/C(=C\c3ccccc3O[C@@H](C)C(=O)O)C2=O)c1. The number of aryl methyl sites for hydroxylation is 1. The molecule has 148 valence electrons. The Kier molecular flexibility index (Phi) is 5.45. The van der Waals surface area contributed by atoms with Crippen LogP contribution in [-0.2, 0) is 14.4 Å². The monoisotopic (exact) mass is 394 g/mol. The second-order valence-corrected chi connectivity index (χ2v) is 6.43. The maximum atomic E-state index is 12.9. The average molecular weight is 394 g/mol. The number of ether oxygens (including phenoxy) is 1. The molecule has 1 aliphatic heterocycles. The van der Waals surface area contributed by atoms with Gasteiger partial charge in [0.25, 0.3) is 11.8 Å². The molecule has 8 heteroatoms. The summed E-state index contributed by atoms with van der Waals surface area (Å²) in [4.78, 5) is 49.5. The second-order valence-electron chi connectivity index (χ2n) is 6.43. The minimum atomic E-state index is -1.16. The van der Waals surface area contributed by atoms with Gasteiger partial charge >= 0.3 is 12.0 Å². The van der Waals surface area contributed by atoms with E-state index in [9.17, 15) is 19.2 Å². The summed E-state index contributed by atoms with van der Waals surface area (Å²) in [6.07, 6.45) is 0.146. The van der Waals surface area contributed by atoms with Gasteiger partial charge in [-0.05, 0) is 43.7 Å². The van der Waals surface area contributed by atoms with Crippen molar-refractivity contribution < 1.29 is 29.0 Å². The van der Waals surface area contributed by atoms with Crippen molar-refractivity contribution in [2.24, 2.45) is 0 Å². The van der Waals surface area contributed by atoms with Crippen LogP contribution in [0.3, 0.4) is 0 Å². The number of urea groups is 1. The van der Waals surface area contributed by atoms with Crippen LogP contribution < -0.4 is 15.0 Å². The van der Waals surface area contributed by atoms with Gasteiger partial charge in [-0.15, -0.1) is 0 Å². The van der Waals surface area contributed by atoms with Crippen LogP contribution >= 0.6 is 0 Å². The van der Waals surface area contributed by atoms with Gasteiger partial charge in [0, 0.05) is 5.56 Å². The number of benzene rings is 2. The number of carbonyl (C=O) groups excluding carboxylic acids is 3. The summed E-state index contributed by atoms with van der Waals surface area (Å²) in [6, 6.07) is 12.3. The Bertz CT molecular complexity index is 1040. The van der Waals surface area contributed by atoms with Gasteiger partial charge in [0.15, 0.2) is 6.10 Å². The average Bonchev–Trinajstić information content (AvgIpc) is 2.66. The molecule has 29 heavy (non-hydrogen) atoms. The normalized spacial score (nSPS) is 16.6. The summed E-state index contributed by atoms with van der Waals surface area (Å²) in [6.45, 7) is 3.18. The molecule has 4 amide bonds. The molecule has 2 N–H and O–H groups in total. The van der Waals surface area contributed by atoms with E-state index in [0.717, 1.165) is 10.5 Å². The molecule has 1 heterocycles. The molecule has 1 aliphatic rings. The third-order valence-electron chi connectivity index (χ3n) is 4.23. The van der Waals surface area contributed by atoms with Gasteiger partial charge in [-0.3, -0.25) is 14.9 Å². The van der Waals surface area contributed by atoms with Crippen LogP contribution in [0.25, 0.3) is 6.08 Å². The number of hydrogen-bond acceptors (Lipinski definition) is 5. The molecule has 0 bridgehead atoms. The Morgan fingerprint density at radius 3 is 2.55 bits per heavy atom. The Hall–Kier alpha value is -3.94. The van der Waals surface area contributed by atoms with Gasteiger partial charge in [0.1, 0.15) is 11.3 Å². The number of aliphatic carboxylic acids is 1. The van der Waals surface area contributed by atoms with Crippen LogP contribution in [0.2, 0.25) is 0 Å². The first-order valence-corrected chi connectivity index (χ1v) is 8.74. The minimum Gasteiger partial charge on any atom is -0.479 e. The molecule has 0 unspecified atom stereocenters. The van der Waals surface area contributed by atoms with Gasteiger partial charge in [-0.1, -0.05) is 30.3 Å². The van der Waals surface area contributed by atoms with Crippen LogP contribution in [0.15, 0.2) is 54.1 Å². The lowest BCUT2D eigenvalue weighted by Gasteiger charge is -2.26. The molecular weight excluding hydrogens is 376 g/mol. The van der Waals surface area contributed by atoms with Crippen molar-refractivity contribution in [1.82, 2.24) is 5.32 Å². The number of barbiturate groups is 1. The number of carbonyl (C=O) groups is 4. The van der Waals surface area contributed by atoms with E-state index in [1.165, 1.54) is 19.1 Å². The van der Waals surface area contributed by atoms with E-state index >= 15 is 0 Å². The largest absolute Gasteiger partial charge is 0.479 e. The van der Waals surface area contributed by atoms with E-state index in [2.05, 4.69) is 5.32 Å². The predicted molar refractivity (Wildman–Crippen MR) is 104 cm³/mol. The maximum absolute atomic E-state index is 12.9. The quantitative estimate of drug-likeness (QED) is 0.595. The van der Waals surface area contributed by atoms with E-state index in [1.807, 2.05) is 13.0 Å². The lowest BCUT2D eigenvalue weighted by molar-refractivity contribution is -0.144. The maximum Gasteiger partial charge on any atom is 0.344 e. The van der Waals surface area contributed by atoms with Gasteiger partial charge in [-0.2, -0.15) is 0 Å². The topological polar surface area (TPSA) is 113 Å². The second kappa shape index (κ2) is 7.97. The zero-order valence-electron chi connectivity index (χ0n) is 15.7. The Morgan fingerprint density at radius 1 is 1.14 bits per heavy atom. The molecular formula is C21H18N2O6. The predicted octanol–water partition coefficient (Wildman–Crippen LogP) is 2.51. The van der Waals surface area contributed by atoms with Crippen molar-refractivity contribution in [2.75, 3.05) is 4.90 Å². The lowest BCUT2D eigenvalue weighted by Crippen LogP contribution is -2.54. The number of para-hydroxylation sites is 1. The number of carboxylic acid groups (broad SMARTS) is 1. The van der Waals surface area contributed by atoms with E-state index in [0.29, 0.717) is 11.3 Å². The summed E-state index contributed by atoms with van der Waals surface area (Å²) in [5, 5.41) is 11.2. The number of amides is 4. The molecule has 0 radical (unpaired) electrons. The molecule has 0 aromatic heterocycles. The highest BCUT2D eigenvalue weighted by molar-refractivity contribution is 6.39. The summed E-state index contributed by atoms with van der Waals surface area (Å²) in [5.74, 6) is -2.60. The number of rotatable bonds is 5. The molecule has 3 rings (SSSR count). The number of carboxylic acids is 1. The fraction of sp³-hybridized carbons (Fsp3) is 0.143. The van der Waals surface area contributed by atoms with Crippen LogP contribution in [0, 0.1) is 6.92 Å². The number of nitrogens with one attached hydrogen (secondary N) is 1. The fourth-order valence-electron chi connectivity index (χ4n) is 2.76. The minimum absolute atomic E-state index is 0.189. The first-order valence-electron chi connectivity index (χ1n) is 8.74. The van der Waals surface area contributed by atoms with Gasteiger partial charge < -0.3 is 9.84 Å². The smallest absolute Gasteiger partial charge is 0.344 e. The van der Waals surface area contributed by atoms with Crippen molar-refractivity contribution in [3.8, 4) is 5.75 Å². The Balaban J connectivity index is 2.01. The van der Waals surface area contributed by atoms with Crippen LogP contribution in [0.5, 0.6) is 5.75 Å². The summed E-state index contributed by atoms with van der Waals surface area (Å²) in [7, 11) is 0. The molecule has 8 nitrogen and oxygen atoms in total. The van der Waals surface area contributed by atoms with Crippen LogP contribution in [-0.4, -0.2) is 35.0 Å². The fourth-order valence-corrected chi connectivity index (χ4v) is 2.76. The Labute approximate surface area is 166 Å². The van der Waals surface area contributed by atoms with Crippen molar-refractivity contribution in [3.63, 3.8) is 0 Å². The first-order chi connectivity index (χ1) is 13.8. The van der Waals surface area contributed by atoms with Gasteiger partial charge in [0.2, 0.25) is 0 Å². The number of nitrogens with zero attached hydrogens (tertiary/aromatic N) is 1. The van der Waals surface area contributed by atoms with Crippen LogP contribution in [0.1, 0.15) is 18.1 Å². The number of imide groups is 2. The van der Waals surface area contributed by atoms with Crippen molar-refractivity contribution in [3.05, 3.63) is 65.2 Å². The summed E-state index contributed by atoms with van der Waals surface area (Å²) < 4.78 is 5.40. The number of anilines is 1. The van der Waals surface area contributed by atoms with E-state index in [-0.39, 0.29) is 11.3 Å². The van der Waals surface area contributed by atoms with Crippen LogP contribution in [0.4, 0.5) is 10.5 Å². The standard InChI is InChI=1S/C21H18N2O6/c1-12-6-5-8-15(10-12)23-19(25)16(18(24)22-21(23)28)11-14-7-3-4-9-17(14)29-13(2)20(26)27/h3-11,13H,1-2H3,(H,26,27)(H,22,24,28)/b16-11+/t13-/m0/s1. The van der Waals surface area contributed by atoms with Gasteiger partial charge in [0.05, 0.1) is 5.69 Å². The van der Waals surface area contributed by atoms with E-state index < -0.39 is 29.9 Å². The van der Waals surface area contributed by atoms with Crippen molar-refractivity contribution in [2.45, 2.75) is 20.0 Å². The highest BCUT2D eigenvalue weighted by Crippen LogP contribution is 2.26. The molecule has 0 spiro atoms. The number of hydrogen-bond donors (Lipinski definition) is 2. The third kappa shape index (κ3) is 4.16. The molecule has 2 aromatic rings. The van der Waals surface area contributed by atoms with E-state index in [4.69, 9.17) is 9.84 Å². The summed E-state index contributed by atoms with van der Waals surface area (Å²) in [5.41, 5.74) is 1.23. The summed E-state index contributed by atoms with van der Waals surface area (Å²) >= 11 is 0.